The van der Waals surface area contributed by atoms with Gasteiger partial charge in [-0.1, -0.05) is 18.2 Å². The third-order valence-electron chi connectivity index (χ3n) is 4.82. The smallest absolute Gasteiger partial charge is 0.326 e. The molecule has 1 aromatic heterocycles. The van der Waals surface area contributed by atoms with Crippen molar-refractivity contribution in [3.63, 3.8) is 0 Å². The van der Waals surface area contributed by atoms with Crippen molar-refractivity contribution >= 4 is 40.3 Å². The van der Waals surface area contributed by atoms with E-state index in [1.807, 2.05) is 6.26 Å². The van der Waals surface area contributed by atoms with Gasteiger partial charge in [-0.05, 0) is 59.8 Å². The summed E-state index contributed by atoms with van der Waals surface area (Å²) in [6.07, 6.45) is -2.66. The Balaban J connectivity index is 1.75. The van der Waals surface area contributed by atoms with Gasteiger partial charge in [-0.3, -0.25) is 10.0 Å². The SMILES string of the molecule is CSc1ccc(-c2cc3[nH]c(Nc4cccc(C(=O)NO)c4)nc3cc2C(F)(F)F)cc1. The van der Waals surface area contributed by atoms with Gasteiger partial charge in [0.25, 0.3) is 5.91 Å². The molecule has 10 heteroatoms. The van der Waals surface area contributed by atoms with E-state index in [2.05, 4.69) is 15.3 Å². The molecule has 4 rings (SSSR count). The Kier molecular flexibility index (Phi) is 5.81. The number of aromatic amines is 1. The number of carbonyl (C=O) groups excluding carboxylic acids is 1. The molecule has 0 saturated carbocycles. The van der Waals surface area contributed by atoms with E-state index in [1.165, 1.54) is 30.0 Å². The van der Waals surface area contributed by atoms with E-state index >= 15 is 0 Å². The summed E-state index contributed by atoms with van der Waals surface area (Å²) in [6, 6.07) is 15.5. The third kappa shape index (κ3) is 4.41. The molecule has 4 aromatic rings. The first kappa shape index (κ1) is 21.7. The van der Waals surface area contributed by atoms with Gasteiger partial charge in [-0.2, -0.15) is 13.2 Å². The van der Waals surface area contributed by atoms with Crippen molar-refractivity contribution in [1.29, 1.82) is 0 Å². The van der Waals surface area contributed by atoms with Crippen LogP contribution in [0.1, 0.15) is 15.9 Å². The summed E-state index contributed by atoms with van der Waals surface area (Å²) in [4.78, 5) is 19.7. The molecule has 0 saturated heterocycles. The Morgan fingerprint density at radius 3 is 2.50 bits per heavy atom. The maximum absolute atomic E-state index is 13.8. The number of aromatic nitrogens is 2. The number of halogens is 3. The monoisotopic (exact) mass is 458 g/mol. The van der Waals surface area contributed by atoms with Crippen LogP contribution in [0.15, 0.2) is 65.6 Å². The predicted molar refractivity (Wildman–Crippen MR) is 117 cm³/mol. The fourth-order valence-corrected chi connectivity index (χ4v) is 3.71. The van der Waals surface area contributed by atoms with Crippen LogP contribution in [0, 0.1) is 0 Å². The number of imidazole rings is 1. The number of H-pyrrole nitrogens is 1. The van der Waals surface area contributed by atoms with Gasteiger partial charge in [-0.25, -0.2) is 10.5 Å². The highest BCUT2D eigenvalue weighted by Crippen LogP contribution is 2.39. The maximum Gasteiger partial charge on any atom is 0.417 e. The molecule has 4 N–H and O–H groups in total. The highest BCUT2D eigenvalue weighted by molar-refractivity contribution is 7.98. The minimum Gasteiger partial charge on any atom is -0.326 e. The number of amides is 1. The lowest BCUT2D eigenvalue weighted by Crippen LogP contribution is -2.18. The number of hydroxylamine groups is 1. The Morgan fingerprint density at radius 2 is 1.84 bits per heavy atom. The molecule has 3 aromatic carbocycles. The van der Waals surface area contributed by atoms with Crippen LogP contribution in [0.25, 0.3) is 22.2 Å². The molecule has 0 radical (unpaired) electrons. The zero-order chi connectivity index (χ0) is 22.9. The minimum absolute atomic E-state index is 0.0504. The van der Waals surface area contributed by atoms with Crippen LogP contribution >= 0.6 is 11.8 Å². The summed E-state index contributed by atoms with van der Waals surface area (Å²) >= 11 is 1.51. The summed E-state index contributed by atoms with van der Waals surface area (Å²) in [6.45, 7) is 0. The predicted octanol–water partition coefficient (Wildman–Crippen LogP) is 5.83. The molecule has 0 fully saturated rings. The molecule has 6 nitrogen and oxygen atoms in total. The number of anilines is 2. The molecule has 1 amide bonds. The molecule has 0 atom stereocenters. The van der Waals surface area contributed by atoms with Gasteiger partial charge in [0.15, 0.2) is 0 Å². The van der Waals surface area contributed by atoms with Gasteiger partial charge < -0.3 is 10.3 Å². The van der Waals surface area contributed by atoms with Gasteiger partial charge in [0, 0.05) is 16.1 Å². The number of alkyl halides is 3. The number of rotatable bonds is 5. The van der Waals surface area contributed by atoms with Gasteiger partial charge in [-0.15, -0.1) is 11.8 Å². The molecule has 164 valence electrons. The van der Waals surface area contributed by atoms with Crippen molar-refractivity contribution in [2.24, 2.45) is 0 Å². The molecule has 32 heavy (non-hydrogen) atoms. The van der Waals surface area contributed by atoms with Crippen molar-refractivity contribution in [1.82, 2.24) is 15.4 Å². The lowest BCUT2D eigenvalue weighted by molar-refractivity contribution is -0.137. The second kappa shape index (κ2) is 8.56. The number of hydrogen-bond donors (Lipinski definition) is 4. The maximum atomic E-state index is 13.8. The van der Waals surface area contributed by atoms with Gasteiger partial charge in [0.05, 0.1) is 16.6 Å². The zero-order valence-corrected chi connectivity index (χ0v) is 17.4. The first-order valence-electron chi connectivity index (χ1n) is 9.35. The van der Waals surface area contributed by atoms with E-state index in [-0.39, 0.29) is 22.6 Å². The summed E-state index contributed by atoms with van der Waals surface area (Å²) < 4.78 is 41.4. The molecule has 1 heterocycles. The molecular formula is C22H17F3N4O2S. The quantitative estimate of drug-likeness (QED) is 0.172. The Morgan fingerprint density at radius 1 is 1.09 bits per heavy atom. The fraction of sp³-hybridized carbons (Fsp3) is 0.0909. The number of nitrogens with one attached hydrogen (secondary N) is 3. The highest BCUT2D eigenvalue weighted by Gasteiger charge is 2.34. The standard InChI is InChI=1S/C22H17F3N4O2S/c1-32-15-7-5-12(6-8-15)16-10-18-19(11-17(16)22(23,24)25)28-21(27-18)26-14-4-2-3-13(9-14)20(30)29-31/h2-11,31H,1H3,(H,29,30)(H2,26,27,28). The number of carbonyl (C=O) groups is 1. The van der Waals surface area contributed by atoms with Crippen LogP contribution in [0.3, 0.4) is 0 Å². The van der Waals surface area contributed by atoms with Crippen molar-refractivity contribution in [3.05, 3.63) is 71.8 Å². The van der Waals surface area contributed by atoms with Crippen molar-refractivity contribution in [2.45, 2.75) is 11.1 Å². The molecule has 0 spiro atoms. The third-order valence-corrected chi connectivity index (χ3v) is 5.56. The second-order valence-electron chi connectivity index (χ2n) is 6.87. The molecule has 0 unspecified atom stereocenters. The van der Waals surface area contributed by atoms with Crippen molar-refractivity contribution < 1.29 is 23.2 Å². The molecule has 0 aliphatic carbocycles. The van der Waals surface area contributed by atoms with Crippen LogP contribution in [0.5, 0.6) is 0 Å². The van der Waals surface area contributed by atoms with E-state index < -0.39 is 17.6 Å². The van der Waals surface area contributed by atoms with E-state index in [1.54, 1.807) is 41.9 Å². The lowest BCUT2D eigenvalue weighted by Gasteiger charge is -2.13. The van der Waals surface area contributed by atoms with Crippen LogP contribution in [0.4, 0.5) is 24.8 Å². The number of nitrogens with zero attached hydrogens (tertiary/aromatic N) is 1. The van der Waals surface area contributed by atoms with Crippen LogP contribution in [-0.4, -0.2) is 27.3 Å². The normalized spacial score (nSPS) is 11.5. The summed E-state index contributed by atoms with van der Waals surface area (Å²) in [5.74, 6) is -0.477. The minimum atomic E-state index is -4.56. The molecular weight excluding hydrogens is 441 g/mol. The number of benzene rings is 3. The first-order chi connectivity index (χ1) is 15.3. The van der Waals surface area contributed by atoms with Crippen LogP contribution in [-0.2, 0) is 6.18 Å². The average molecular weight is 458 g/mol. The number of fused-ring (bicyclic) bond motifs is 1. The zero-order valence-electron chi connectivity index (χ0n) is 16.6. The number of thioether (sulfide) groups is 1. The summed E-state index contributed by atoms with van der Waals surface area (Å²) in [7, 11) is 0. The highest BCUT2D eigenvalue weighted by atomic mass is 32.2. The van der Waals surface area contributed by atoms with Gasteiger partial charge in [0.1, 0.15) is 0 Å². The molecule has 0 aliphatic rings. The fourth-order valence-electron chi connectivity index (χ4n) is 3.30. The first-order valence-corrected chi connectivity index (χ1v) is 10.6. The van der Waals surface area contributed by atoms with Gasteiger partial charge in [0.2, 0.25) is 5.95 Å². The average Bonchev–Trinajstić information content (AvgIpc) is 3.18. The lowest BCUT2D eigenvalue weighted by atomic mass is 9.98. The van der Waals surface area contributed by atoms with E-state index in [0.29, 0.717) is 16.8 Å². The second-order valence-corrected chi connectivity index (χ2v) is 7.75. The van der Waals surface area contributed by atoms with Gasteiger partial charge >= 0.3 is 6.18 Å². The van der Waals surface area contributed by atoms with Crippen LogP contribution < -0.4 is 10.8 Å². The topological polar surface area (TPSA) is 90.0 Å². The van der Waals surface area contributed by atoms with E-state index in [4.69, 9.17) is 5.21 Å². The largest absolute Gasteiger partial charge is 0.417 e. The van der Waals surface area contributed by atoms with Crippen LogP contribution in [0.2, 0.25) is 0 Å². The number of hydrogen-bond acceptors (Lipinski definition) is 5. The Bertz CT molecular complexity index is 1290. The van der Waals surface area contributed by atoms with E-state index in [9.17, 15) is 18.0 Å². The Labute approximate surface area is 184 Å². The van der Waals surface area contributed by atoms with E-state index in [0.717, 1.165) is 11.0 Å². The molecule has 0 bridgehead atoms. The van der Waals surface area contributed by atoms with Crippen molar-refractivity contribution in [3.8, 4) is 11.1 Å². The summed E-state index contributed by atoms with van der Waals surface area (Å²) in [5, 5.41) is 11.7. The summed E-state index contributed by atoms with van der Waals surface area (Å²) in [5.41, 5.74) is 2.50. The molecule has 0 aliphatic heterocycles. The van der Waals surface area contributed by atoms with Crippen molar-refractivity contribution in [2.75, 3.05) is 11.6 Å². The Hall–Kier alpha value is -3.50.